The molecule has 1 aromatic heterocycles. The van der Waals surface area contributed by atoms with Crippen molar-refractivity contribution in [1.82, 2.24) is 10.2 Å². The molecule has 6 nitrogen and oxygen atoms in total. The predicted octanol–water partition coefficient (Wildman–Crippen LogP) is 2.57. The number of fused-ring (bicyclic) bond motifs is 2. The average Bonchev–Trinajstić information content (AvgIpc) is 3.28. The first kappa shape index (κ1) is 15.6. The number of aliphatic imine (C=N–C) groups is 1. The maximum absolute atomic E-state index is 5.94. The van der Waals surface area contributed by atoms with Gasteiger partial charge in [0.05, 0.1) is 12.6 Å². The molecule has 134 valence electrons. The zero-order valence-corrected chi connectivity index (χ0v) is 14.9. The Balaban J connectivity index is 1.30. The number of rotatable bonds is 2. The van der Waals surface area contributed by atoms with Gasteiger partial charge in [-0.15, -0.1) is 10.2 Å². The smallest absolute Gasteiger partial charge is 0.237 e. The van der Waals surface area contributed by atoms with Gasteiger partial charge in [0, 0.05) is 24.1 Å². The molecule has 3 aliphatic rings. The van der Waals surface area contributed by atoms with E-state index >= 15 is 0 Å². The van der Waals surface area contributed by atoms with E-state index in [0.717, 1.165) is 44.1 Å². The van der Waals surface area contributed by atoms with Crippen LogP contribution >= 0.6 is 0 Å². The van der Waals surface area contributed by atoms with E-state index in [-0.39, 0.29) is 11.5 Å². The molecule has 26 heavy (non-hydrogen) atoms. The van der Waals surface area contributed by atoms with Crippen molar-refractivity contribution >= 4 is 11.7 Å². The van der Waals surface area contributed by atoms with E-state index in [9.17, 15) is 0 Å². The summed E-state index contributed by atoms with van der Waals surface area (Å²) in [7, 11) is 0. The van der Waals surface area contributed by atoms with Gasteiger partial charge >= 0.3 is 0 Å². The number of benzene rings is 1. The lowest BCUT2D eigenvalue weighted by Crippen LogP contribution is -2.44. The second-order valence-electron chi connectivity index (χ2n) is 7.42. The Bertz CT molecular complexity index is 841. The molecule has 1 spiro atoms. The van der Waals surface area contributed by atoms with Crippen LogP contribution in [0.5, 0.6) is 5.75 Å². The van der Waals surface area contributed by atoms with Crippen molar-refractivity contribution in [3.63, 3.8) is 0 Å². The Morgan fingerprint density at radius 2 is 1.88 bits per heavy atom. The van der Waals surface area contributed by atoms with Gasteiger partial charge in [-0.2, -0.15) is 0 Å². The highest BCUT2D eigenvalue weighted by Gasteiger charge is 2.43. The number of para-hydroxylation sites is 1. The lowest BCUT2D eigenvalue weighted by Gasteiger charge is -2.38. The fourth-order valence-corrected chi connectivity index (χ4v) is 4.12. The molecule has 4 heterocycles. The first-order valence-electron chi connectivity index (χ1n) is 9.25. The van der Waals surface area contributed by atoms with Crippen LogP contribution in [-0.4, -0.2) is 48.4 Å². The van der Waals surface area contributed by atoms with Gasteiger partial charge in [0.15, 0.2) is 5.82 Å². The Morgan fingerprint density at radius 1 is 1.04 bits per heavy atom. The molecule has 0 N–H and O–H groups in total. The molecule has 6 heteroatoms. The van der Waals surface area contributed by atoms with Crippen molar-refractivity contribution in [2.75, 3.05) is 31.2 Å². The van der Waals surface area contributed by atoms with Gasteiger partial charge < -0.3 is 14.4 Å². The largest absolute Gasteiger partial charge is 0.492 e. The second-order valence-corrected chi connectivity index (χ2v) is 7.42. The van der Waals surface area contributed by atoms with Crippen molar-refractivity contribution < 1.29 is 9.47 Å². The fourth-order valence-electron chi connectivity index (χ4n) is 4.12. The number of nitrogens with zero attached hydrogens (tertiary/aromatic N) is 4. The number of anilines is 1. The molecule has 3 aliphatic heterocycles. The highest BCUT2D eigenvalue weighted by atomic mass is 16.5. The van der Waals surface area contributed by atoms with Gasteiger partial charge in [-0.05, 0) is 38.0 Å². The number of ether oxygens (including phenoxy) is 2. The molecular weight excluding hydrogens is 328 g/mol. The summed E-state index contributed by atoms with van der Waals surface area (Å²) in [6, 6.07) is 12.6. The predicted molar refractivity (Wildman–Crippen MR) is 99.0 cm³/mol. The van der Waals surface area contributed by atoms with Crippen LogP contribution in [0.2, 0.25) is 0 Å². The van der Waals surface area contributed by atoms with E-state index in [0.29, 0.717) is 18.2 Å². The van der Waals surface area contributed by atoms with Crippen LogP contribution < -0.4 is 9.64 Å². The maximum Gasteiger partial charge on any atom is 0.237 e. The summed E-state index contributed by atoms with van der Waals surface area (Å²) in [4.78, 5) is 6.74. The summed E-state index contributed by atoms with van der Waals surface area (Å²) in [6.45, 7) is 5.36. The Kier molecular flexibility index (Phi) is 3.58. The average molecular weight is 350 g/mol. The first-order valence-corrected chi connectivity index (χ1v) is 9.25. The van der Waals surface area contributed by atoms with Crippen LogP contribution in [0, 0.1) is 0 Å². The second kappa shape index (κ2) is 5.97. The summed E-state index contributed by atoms with van der Waals surface area (Å²) in [5, 5.41) is 8.74. The molecule has 0 radical (unpaired) electrons. The highest BCUT2D eigenvalue weighted by molar-refractivity contribution is 5.93. The van der Waals surface area contributed by atoms with E-state index in [4.69, 9.17) is 9.47 Å². The van der Waals surface area contributed by atoms with Crippen LogP contribution in [0.4, 0.5) is 5.82 Å². The lowest BCUT2D eigenvalue weighted by molar-refractivity contribution is 0.230. The third-order valence-corrected chi connectivity index (χ3v) is 5.68. The van der Waals surface area contributed by atoms with Gasteiger partial charge in [0.2, 0.25) is 5.90 Å². The third kappa shape index (κ3) is 2.52. The van der Waals surface area contributed by atoms with E-state index in [1.54, 1.807) is 0 Å². The zero-order chi connectivity index (χ0) is 17.6. The monoisotopic (exact) mass is 350 g/mol. The first-order chi connectivity index (χ1) is 12.7. The van der Waals surface area contributed by atoms with Crippen molar-refractivity contribution in [3.8, 4) is 5.75 Å². The molecule has 0 aliphatic carbocycles. The molecule has 0 saturated carbocycles. The van der Waals surface area contributed by atoms with Gasteiger partial charge in [0.1, 0.15) is 18.1 Å². The zero-order valence-electron chi connectivity index (χ0n) is 14.9. The number of aromatic nitrogens is 2. The van der Waals surface area contributed by atoms with Crippen molar-refractivity contribution in [1.29, 1.82) is 0 Å². The minimum absolute atomic E-state index is 0.156. The summed E-state index contributed by atoms with van der Waals surface area (Å²) in [6.07, 6.45) is 2.14. The minimum Gasteiger partial charge on any atom is -0.492 e. The standard InChI is InChI=1S/C20H22N4O2/c1-14-12-25-19(21-14)16-6-7-18(23-22-16)24-10-8-20(9-11-24)13-26-17-5-3-2-4-15(17)20/h2-7,14H,8-13H2,1H3. The van der Waals surface area contributed by atoms with Crippen LogP contribution in [-0.2, 0) is 10.2 Å². The van der Waals surface area contributed by atoms with Crippen molar-refractivity contribution in [3.05, 3.63) is 47.7 Å². The molecule has 0 amide bonds. The van der Waals surface area contributed by atoms with E-state index in [2.05, 4.69) is 38.3 Å². The SMILES string of the molecule is CC1COC(c2ccc(N3CCC4(CC3)COc3ccccc34)nn2)=N1. The fraction of sp³-hybridized carbons (Fsp3) is 0.450. The van der Waals surface area contributed by atoms with Gasteiger partial charge in [-0.3, -0.25) is 0 Å². The Hall–Kier alpha value is -2.63. The molecule has 0 bridgehead atoms. The molecule has 1 saturated heterocycles. The molecule has 1 atom stereocenters. The number of hydrogen-bond acceptors (Lipinski definition) is 6. The Labute approximate surface area is 152 Å². The van der Waals surface area contributed by atoms with Crippen LogP contribution in [0.15, 0.2) is 41.4 Å². The maximum atomic E-state index is 5.94. The lowest BCUT2D eigenvalue weighted by atomic mass is 9.74. The highest BCUT2D eigenvalue weighted by Crippen LogP contribution is 2.45. The molecule has 1 aromatic carbocycles. The summed E-state index contributed by atoms with van der Waals surface area (Å²) < 4.78 is 11.5. The normalized spacial score (nSPS) is 23.3. The molecule has 1 fully saturated rings. The van der Waals surface area contributed by atoms with Crippen molar-refractivity contribution in [2.45, 2.75) is 31.2 Å². The van der Waals surface area contributed by atoms with E-state index < -0.39 is 0 Å². The van der Waals surface area contributed by atoms with Gasteiger partial charge in [-0.25, -0.2) is 4.99 Å². The summed E-state index contributed by atoms with van der Waals surface area (Å²) >= 11 is 0. The van der Waals surface area contributed by atoms with Gasteiger partial charge in [0.25, 0.3) is 0 Å². The molecule has 2 aromatic rings. The van der Waals surface area contributed by atoms with Crippen LogP contribution in [0.3, 0.4) is 0 Å². The van der Waals surface area contributed by atoms with Gasteiger partial charge in [-0.1, -0.05) is 18.2 Å². The molecular formula is C20H22N4O2. The van der Waals surface area contributed by atoms with Crippen molar-refractivity contribution in [2.24, 2.45) is 4.99 Å². The van der Waals surface area contributed by atoms with Crippen LogP contribution in [0.25, 0.3) is 0 Å². The quantitative estimate of drug-likeness (QED) is 0.833. The third-order valence-electron chi connectivity index (χ3n) is 5.68. The summed E-state index contributed by atoms with van der Waals surface area (Å²) in [5.41, 5.74) is 2.24. The minimum atomic E-state index is 0.156. The number of hydrogen-bond donors (Lipinski definition) is 0. The molecule has 5 rings (SSSR count). The Morgan fingerprint density at radius 3 is 2.62 bits per heavy atom. The van der Waals surface area contributed by atoms with E-state index in [1.807, 2.05) is 25.1 Å². The summed E-state index contributed by atoms with van der Waals surface area (Å²) in [5.74, 6) is 2.58. The topological polar surface area (TPSA) is 59.8 Å². The molecule has 1 unspecified atom stereocenters. The number of piperidine rings is 1. The van der Waals surface area contributed by atoms with Crippen LogP contribution in [0.1, 0.15) is 31.0 Å². The van der Waals surface area contributed by atoms with E-state index in [1.165, 1.54) is 5.56 Å².